The summed E-state index contributed by atoms with van der Waals surface area (Å²) in [6.45, 7) is 3.96. The Labute approximate surface area is 180 Å². The Morgan fingerprint density at radius 2 is 1.77 bits per heavy atom. The second-order valence-electron chi connectivity index (χ2n) is 8.23. The molecule has 5 nitrogen and oxygen atoms in total. The Balaban J connectivity index is 1.61. The lowest BCUT2D eigenvalue weighted by molar-refractivity contribution is 0.313. The predicted octanol–water partition coefficient (Wildman–Crippen LogP) is 4.62. The van der Waals surface area contributed by atoms with Gasteiger partial charge in [-0.3, -0.25) is 0 Å². The molecule has 0 atom stereocenters. The molecule has 2 fully saturated rings. The summed E-state index contributed by atoms with van der Waals surface area (Å²) in [4.78, 5) is 19.6. The zero-order chi connectivity index (χ0) is 20.5. The molecule has 1 aromatic carbocycles. The van der Waals surface area contributed by atoms with Crippen LogP contribution in [-0.4, -0.2) is 53.1 Å². The molecule has 0 unspecified atom stereocenters. The van der Waals surface area contributed by atoms with E-state index in [0.29, 0.717) is 5.92 Å². The molecule has 5 rings (SSSR count). The third-order valence-electron chi connectivity index (χ3n) is 6.21. The number of anilines is 1. The van der Waals surface area contributed by atoms with Crippen molar-refractivity contribution in [2.75, 3.05) is 38.1 Å². The van der Waals surface area contributed by atoms with Crippen molar-refractivity contribution in [3.8, 4) is 21.8 Å². The van der Waals surface area contributed by atoms with Gasteiger partial charge in [0.1, 0.15) is 5.82 Å². The van der Waals surface area contributed by atoms with Crippen LogP contribution < -0.4 is 4.90 Å². The van der Waals surface area contributed by atoms with Crippen LogP contribution in [0, 0.1) is 12.1 Å². The maximum absolute atomic E-state index is 13.6. The molecule has 0 N–H and O–H groups in total. The molecule has 3 aromatic rings. The summed E-state index contributed by atoms with van der Waals surface area (Å²) in [6.07, 6.45) is 9.60. The van der Waals surface area contributed by atoms with Crippen molar-refractivity contribution in [3.63, 3.8) is 0 Å². The lowest BCUT2D eigenvalue weighted by Gasteiger charge is -2.32. The number of aromatic nitrogens is 3. The van der Waals surface area contributed by atoms with E-state index in [-0.39, 0.29) is 5.82 Å². The Kier molecular flexibility index (Phi) is 5.48. The summed E-state index contributed by atoms with van der Waals surface area (Å²) in [7, 11) is 2.15. The van der Waals surface area contributed by atoms with Crippen LogP contribution in [0.3, 0.4) is 0 Å². The molecule has 1 saturated heterocycles. The molecule has 0 bridgehead atoms. The van der Waals surface area contributed by atoms with Crippen LogP contribution in [0.5, 0.6) is 0 Å². The molecule has 1 saturated carbocycles. The standard InChI is InChI=1S/C23H25FN5S/c1-28-10-12-29(13-11-28)23-27-20(17-6-8-18(24)9-7-17)22(30-23)21-19(14-25-15-26-21)16-4-2-3-5-16/h6-9,14,16H,2-5,10-13H2,1H3. The summed E-state index contributed by atoms with van der Waals surface area (Å²) in [6, 6.07) is 6.61. The fourth-order valence-corrected chi connectivity index (χ4v) is 5.58. The van der Waals surface area contributed by atoms with Crippen molar-refractivity contribution in [2.45, 2.75) is 31.6 Å². The zero-order valence-electron chi connectivity index (χ0n) is 17.1. The maximum Gasteiger partial charge on any atom is 0.198 e. The molecule has 30 heavy (non-hydrogen) atoms. The molecule has 155 valence electrons. The van der Waals surface area contributed by atoms with Gasteiger partial charge in [0, 0.05) is 43.5 Å². The lowest BCUT2D eigenvalue weighted by atomic mass is 9.96. The molecule has 1 aliphatic heterocycles. The Morgan fingerprint density at radius 3 is 2.50 bits per heavy atom. The van der Waals surface area contributed by atoms with E-state index < -0.39 is 0 Å². The largest absolute Gasteiger partial charge is 0.345 e. The van der Waals surface area contributed by atoms with Crippen LogP contribution in [0.2, 0.25) is 0 Å². The van der Waals surface area contributed by atoms with Gasteiger partial charge in [-0.15, -0.1) is 0 Å². The van der Waals surface area contributed by atoms with Crippen molar-refractivity contribution >= 4 is 16.5 Å². The van der Waals surface area contributed by atoms with E-state index in [1.165, 1.54) is 43.4 Å². The monoisotopic (exact) mass is 422 g/mol. The highest BCUT2D eigenvalue weighted by atomic mass is 32.1. The molecular weight excluding hydrogens is 397 g/mol. The zero-order valence-corrected chi connectivity index (χ0v) is 18.0. The van der Waals surface area contributed by atoms with E-state index >= 15 is 0 Å². The summed E-state index contributed by atoms with van der Waals surface area (Å²) in [5.74, 6) is 0.252. The molecule has 2 aromatic heterocycles. The van der Waals surface area contributed by atoms with Gasteiger partial charge >= 0.3 is 0 Å². The van der Waals surface area contributed by atoms with Gasteiger partial charge in [0.05, 0.1) is 16.3 Å². The minimum Gasteiger partial charge on any atom is -0.345 e. The highest BCUT2D eigenvalue weighted by Gasteiger charge is 2.27. The summed E-state index contributed by atoms with van der Waals surface area (Å²) >= 11 is 1.68. The Morgan fingerprint density at radius 1 is 1.03 bits per heavy atom. The summed E-state index contributed by atoms with van der Waals surface area (Å²) < 4.78 is 13.6. The third-order valence-corrected chi connectivity index (χ3v) is 7.34. The number of benzene rings is 1. The summed E-state index contributed by atoms with van der Waals surface area (Å²) in [5.41, 5.74) is 3.93. The van der Waals surface area contributed by atoms with Crippen LogP contribution in [0.25, 0.3) is 21.8 Å². The highest BCUT2D eigenvalue weighted by molar-refractivity contribution is 7.19. The van der Waals surface area contributed by atoms with Crippen molar-refractivity contribution in [2.24, 2.45) is 0 Å². The van der Waals surface area contributed by atoms with Gasteiger partial charge in [-0.05, 0) is 50.1 Å². The smallest absolute Gasteiger partial charge is 0.198 e. The molecule has 0 spiro atoms. The van der Waals surface area contributed by atoms with Gasteiger partial charge < -0.3 is 9.80 Å². The van der Waals surface area contributed by atoms with E-state index in [0.717, 1.165) is 53.1 Å². The first-order valence-electron chi connectivity index (χ1n) is 10.6. The molecule has 1 radical (unpaired) electrons. The van der Waals surface area contributed by atoms with E-state index in [1.807, 2.05) is 18.3 Å². The van der Waals surface area contributed by atoms with Crippen molar-refractivity contribution in [1.29, 1.82) is 0 Å². The predicted molar refractivity (Wildman–Crippen MR) is 118 cm³/mol. The molecular formula is C23H25FN5S. The van der Waals surface area contributed by atoms with Crippen LogP contribution in [0.1, 0.15) is 37.2 Å². The first-order chi connectivity index (χ1) is 14.7. The number of nitrogens with zero attached hydrogens (tertiary/aromatic N) is 5. The molecule has 2 aliphatic rings. The molecule has 3 heterocycles. The van der Waals surface area contributed by atoms with Crippen molar-refractivity contribution < 1.29 is 4.39 Å². The number of rotatable bonds is 4. The lowest BCUT2D eigenvalue weighted by Crippen LogP contribution is -2.44. The number of likely N-dealkylation sites (N-methyl/N-ethyl adjacent to an activating group) is 1. The van der Waals surface area contributed by atoms with Crippen LogP contribution in [0.15, 0.2) is 30.5 Å². The first-order valence-corrected chi connectivity index (χ1v) is 11.4. The van der Waals surface area contributed by atoms with Crippen LogP contribution in [-0.2, 0) is 0 Å². The maximum atomic E-state index is 13.6. The Hall–Kier alpha value is -2.38. The second kappa shape index (κ2) is 8.40. The molecule has 0 amide bonds. The van der Waals surface area contributed by atoms with Gasteiger partial charge in [0.15, 0.2) is 11.5 Å². The number of thiazole rings is 1. The van der Waals surface area contributed by atoms with E-state index in [1.54, 1.807) is 11.3 Å². The van der Waals surface area contributed by atoms with Gasteiger partial charge in [-0.25, -0.2) is 19.3 Å². The fourth-order valence-electron chi connectivity index (χ4n) is 4.43. The fraction of sp³-hybridized carbons (Fsp3) is 0.435. The topological polar surface area (TPSA) is 45.2 Å². The highest BCUT2D eigenvalue weighted by Crippen LogP contribution is 2.44. The second-order valence-corrected chi connectivity index (χ2v) is 9.20. The average Bonchev–Trinajstić information content (AvgIpc) is 3.45. The molecule has 7 heteroatoms. The van der Waals surface area contributed by atoms with Crippen LogP contribution in [0.4, 0.5) is 9.52 Å². The van der Waals surface area contributed by atoms with E-state index in [4.69, 9.17) is 4.98 Å². The van der Waals surface area contributed by atoms with Crippen molar-refractivity contribution in [1.82, 2.24) is 19.9 Å². The quantitative estimate of drug-likeness (QED) is 0.614. The average molecular weight is 423 g/mol. The summed E-state index contributed by atoms with van der Waals surface area (Å²) in [5, 5.41) is 1.01. The van der Waals surface area contributed by atoms with Crippen molar-refractivity contribution in [3.05, 3.63) is 48.2 Å². The van der Waals surface area contributed by atoms with Gasteiger partial charge in [-0.1, -0.05) is 24.2 Å². The van der Waals surface area contributed by atoms with Gasteiger partial charge in [0.25, 0.3) is 0 Å². The minimum atomic E-state index is -0.239. The molecule has 1 aliphatic carbocycles. The van der Waals surface area contributed by atoms with Gasteiger partial charge in [-0.2, -0.15) is 0 Å². The third kappa shape index (κ3) is 3.84. The van der Waals surface area contributed by atoms with E-state index in [9.17, 15) is 4.39 Å². The SMILES string of the molecule is CN1CCN(c2nc(-c3ccc(F)cc3)c(-c3n[c]ncc3C3CCCC3)s2)CC1. The van der Waals surface area contributed by atoms with Crippen LogP contribution >= 0.6 is 11.3 Å². The minimum absolute atomic E-state index is 0.239. The van der Waals surface area contributed by atoms with E-state index in [2.05, 4.69) is 33.1 Å². The normalized spacial score (nSPS) is 18.3. The number of hydrogen-bond acceptors (Lipinski definition) is 6. The van der Waals surface area contributed by atoms with Gasteiger partial charge in [0.2, 0.25) is 0 Å². The Bertz CT molecular complexity index is 1000. The number of hydrogen-bond donors (Lipinski definition) is 0. The number of piperazine rings is 1. The number of halogens is 1. The first kappa shape index (κ1) is 19.6.